The van der Waals surface area contributed by atoms with Crippen LogP contribution in [-0.4, -0.2) is 31.3 Å². The molecule has 3 saturated carbocycles. The van der Waals surface area contributed by atoms with Crippen LogP contribution in [0.3, 0.4) is 0 Å². The molecular formula is C32H48BrN3O4. The van der Waals surface area contributed by atoms with Gasteiger partial charge in [-0.15, -0.1) is 0 Å². The summed E-state index contributed by atoms with van der Waals surface area (Å²) < 4.78 is 10.9. The molecule has 2 aliphatic heterocycles. The van der Waals surface area contributed by atoms with E-state index in [9.17, 15) is 14.4 Å². The fourth-order valence-electron chi connectivity index (χ4n) is 11.0. The number of esters is 1. The van der Waals surface area contributed by atoms with Gasteiger partial charge in [0.05, 0.1) is 11.1 Å². The van der Waals surface area contributed by atoms with Crippen LogP contribution in [0.4, 0.5) is 0 Å². The second-order valence-corrected chi connectivity index (χ2v) is 15.5. The molecule has 0 aromatic carbocycles. The molecule has 0 amide bonds. The molecule has 0 N–H and O–H groups in total. The van der Waals surface area contributed by atoms with Crippen molar-refractivity contribution in [1.82, 2.24) is 13.9 Å². The Morgan fingerprint density at radius 3 is 2.42 bits per heavy atom. The molecule has 6 aliphatic rings. The Morgan fingerprint density at radius 2 is 1.73 bits per heavy atom. The van der Waals surface area contributed by atoms with Gasteiger partial charge in [0.1, 0.15) is 11.4 Å². The lowest BCUT2D eigenvalue weighted by atomic mass is 9.40. The normalized spacial score (nSPS) is 41.8. The highest BCUT2D eigenvalue weighted by molar-refractivity contribution is 9.09. The summed E-state index contributed by atoms with van der Waals surface area (Å²) in [5, 5.41) is 0.155. The number of carbonyl (C=O) groups excluding carboxylic acids is 1. The van der Waals surface area contributed by atoms with Crippen molar-refractivity contribution >= 4 is 21.9 Å². The van der Waals surface area contributed by atoms with Gasteiger partial charge in [0.15, 0.2) is 0 Å². The summed E-state index contributed by atoms with van der Waals surface area (Å²) in [6, 6.07) is 0. The molecule has 1 aromatic heterocycles. The second-order valence-electron chi connectivity index (χ2n) is 14.9. The average Bonchev–Trinajstić information content (AvgIpc) is 3.39. The predicted molar refractivity (Wildman–Crippen MR) is 160 cm³/mol. The maximum Gasteiger partial charge on any atom is 0.347 e. The molecule has 3 fully saturated rings. The molecule has 1 aromatic rings. The standard InChI is InChI=1S/C32H48BrN3O4/c1-20(2)8-7-9-21(3)23-10-11-24-29(23,4)14-13-25-30(5)15-12-22(40-26(37)19-33)18-31(30)16-17-32(24,25)36-28(39)34(6)27(38)35(31)36/h16-17,20-25H,7-15,18-19H2,1-6H3/t21-,22+,23-,24-,25-,29-,30-,31-,32+/m1/s1. The number of alkyl halides is 1. The van der Waals surface area contributed by atoms with E-state index in [1.807, 2.05) is 9.36 Å². The fourth-order valence-corrected chi connectivity index (χ4v) is 11.2. The highest BCUT2D eigenvalue weighted by atomic mass is 79.9. The fraction of sp³-hybridized carbons (Fsp3) is 0.844. The zero-order valence-corrected chi connectivity index (χ0v) is 26.8. The summed E-state index contributed by atoms with van der Waals surface area (Å²) in [5.41, 5.74) is -1.67. The van der Waals surface area contributed by atoms with Gasteiger partial charge in [-0.05, 0) is 73.5 Å². The minimum Gasteiger partial charge on any atom is -0.462 e. The van der Waals surface area contributed by atoms with Gasteiger partial charge in [0.25, 0.3) is 0 Å². The van der Waals surface area contributed by atoms with Crippen LogP contribution in [0.15, 0.2) is 21.7 Å². The number of hydrogen-bond acceptors (Lipinski definition) is 4. The molecule has 4 aliphatic carbocycles. The van der Waals surface area contributed by atoms with Gasteiger partial charge < -0.3 is 4.74 Å². The molecule has 3 heterocycles. The number of fused-ring (bicyclic) bond motifs is 1. The van der Waals surface area contributed by atoms with Gasteiger partial charge >= 0.3 is 17.3 Å². The first-order chi connectivity index (χ1) is 18.9. The van der Waals surface area contributed by atoms with E-state index in [-0.39, 0.29) is 45.5 Å². The monoisotopic (exact) mass is 617 g/mol. The van der Waals surface area contributed by atoms with Crippen molar-refractivity contribution in [3.8, 4) is 0 Å². The average molecular weight is 619 g/mol. The number of halogens is 1. The SMILES string of the molecule is CC(C)CCC[C@@H](C)[C@H]1CC[C@@H]2[C@]1(C)CC[C@H]1[C@]23C=C[C@]2(C[C@@H](OC(=O)CBr)CC[C@]12C)n1c(=O)n(C)c(=O)n13. The Labute approximate surface area is 246 Å². The molecule has 2 bridgehead atoms. The third kappa shape index (κ3) is 3.49. The van der Waals surface area contributed by atoms with E-state index in [4.69, 9.17) is 4.74 Å². The number of rotatable bonds is 7. The van der Waals surface area contributed by atoms with E-state index in [2.05, 4.69) is 62.7 Å². The Kier molecular flexibility index (Phi) is 6.76. The van der Waals surface area contributed by atoms with Gasteiger partial charge in [-0.3, -0.25) is 4.79 Å². The first-order valence-corrected chi connectivity index (χ1v) is 16.9. The van der Waals surface area contributed by atoms with Crippen LogP contribution in [-0.2, 0) is 27.7 Å². The Hall–Kier alpha value is -1.57. The van der Waals surface area contributed by atoms with Gasteiger partial charge in [-0.1, -0.05) is 82.0 Å². The summed E-state index contributed by atoms with van der Waals surface area (Å²) in [7, 11) is 1.63. The van der Waals surface area contributed by atoms with Crippen molar-refractivity contribution in [1.29, 1.82) is 0 Å². The number of hydrogen-bond donors (Lipinski definition) is 0. The van der Waals surface area contributed by atoms with Gasteiger partial charge in [-0.2, -0.15) is 0 Å². The molecule has 0 radical (unpaired) electrons. The summed E-state index contributed by atoms with van der Waals surface area (Å²) in [6.45, 7) is 12.0. The zero-order valence-electron chi connectivity index (χ0n) is 25.2. The third-order valence-electron chi connectivity index (χ3n) is 12.8. The lowest BCUT2D eigenvalue weighted by Crippen LogP contribution is -2.76. The van der Waals surface area contributed by atoms with Crippen molar-refractivity contribution in [3.05, 3.63) is 33.1 Å². The molecule has 40 heavy (non-hydrogen) atoms. The molecule has 0 unspecified atom stereocenters. The highest BCUT2D eigenvalue weighted by Crippen LogP contribution is 2.74. The van der Waals surface area contributed by atoms with Crippen LogP contribution in [0.25, 0.3) is 0 Å². The van der Waals surface area contributed by atoms with Gasteiger partial charge in [-0.25, -0.2) is 23.5 Å². The van der Waals surface area contributed by atoms with Crippen molar-refractivity contribution in [3.63, 3.8) is 0 Å². The van der Waals surface area contributed by atoms with E-state index in [1.165, 1.54) is 36.7 Å². The van der Waals surface area contributed by atoms with E-state index >= 15 is 0 Å². The number of aromatic nitrogens is 3. The minimum atomic E-state index is -0.678. The van der Waals surface area contributed by atoms with Crippen molar-refractivity contribution in [2.75, 3.05) is 5.33 Å². The Bertz CT molecular complexity index is 1340. The second kappa shape index (κ2) is 9.47. The quantitative estimate of drug-likeness (QED) is 0.223. The van der Waals surface area contributed by atoms with Crippen LogP contribution >= 0.6 is 15.9 Å². The molecule has 9 atom stereocenters. The van der Waals surface area contributed by atoms with Crippen molar-refractivity contribution < 1.29 is 9.53 Å². The van der Waals surface area contributed by atoms with Crippen LogP contribution in [0.5, 0.6) is 0 Å². The number of carbonyl (C=O) groups is 1. The Morgan fingerprint density at radius 1 is 1.00 bits per heavy atom. The maximum absolute atomic E-state index is 14.0. The summed E-state index contributed by atoms with van der Waals surface area (Å²) in [4.78, 5) is 40.2. The van der Waals surface area contributed by atoms with Gasteiger partial charge in [0.2, 0.25) is 0 Å². The maximum atomic E-state index is 14.0. The molecule has 8 heteroatoms. The summed E-state index contributed by atoms with van der Waals surface area (Å²) in [5.74, 6) is 2.34. The Balaban J connectivity index is 1.46. The first kappa shape index (κ1) is 28.5. The first-order valence-electron chi connectivity index (χ1n) is 15.7. The number of nitrogens with zero attached hydrogens (tertiary/aromatic N) is 3. The van der Waals surface area contributed by atoms with Crippen LogP contribution < -0.4 is 11.4 Å². The molecular weight excluding hydrogens is 570 g/mol. The van der Waals surface area contributed by atoms with Crippen molar-refractivity contribution in [2.24, 2.45) is 47.5 Å². The smallest absolute Gasteiger partial charge is 0.347 e. The lowest BCUT2D eigenvalue weighted by molar-refractivity contribution is -0.204. The van der Waals surface area contributed by atoms with Crippen LogP contribution in [0.2, 0.25) is 0 Å². The molecule has 7 rings (SSSR count). The topological polar surface area (TPSA) is 75.2 Å². The third-order valence-corrected chi connectivity index (χ3v) is 13.3. The minimum absolute atomic E-state index is 0.130. The van der Waals surface area contributed by atoms with Crippen LogP contribution in [0, 0.1) is 40.4 Å². The molecule has 7 nitrogen and oxygen atoms in total. The molecule has 222 valence electrons. The van der Waals surface area contributed by atoms with Crippen LogP contribution in [0.1, 0.15) is 98.8 Å². The summed E-state index contributed by atoms with van der Waals surface area (Å²) in [6.07, 6.45) is 14.9. The largest absolute Gasteiger partial charge is 0.462 e. The van der Waals surface area contributed by atoms with E-state index in [0.717, 1.165) is 31.6 Å². The van der Waals surface area contributed by atoms with Gasteiger partial charge in [0, 0.05) is 18.9 Å². The number of allylic oxidation sites excluding steroid dienone is 2. The van der Waals surface area contributed by atoms with E-state index < -0.39 is 11.1 Å². The lowest BCUT2D eigenvalue weighted by Gasteiger charge is -2.71. The summed E-state index contributed by atoms with van der Waals surface area (Å²) >= 11 is 3.23. The van der Waals surface area contributed by atoms with Crippen molar-refractivity contribution in [2.45, 2.75) is 116 Å². The molecule has 0 saturated heterocycles. The van der Waals surface area contributed by atoms with E-state index in [0.29, 0.717) is 24.2 Å². The predicted octanol–water partition coefficient (Wildman–Crippen LogP) is 5.72. The highest BCUT2D eigenvalue weighted by Gasteiger charge is 2.75. The van der Waals surface area contributed by atoms with E-state index in [1.54, 1.807) is 7.05 Å². The number of ether oxygens (including phenoxy) is 1. The zero-order chi connectivity index (χ0) is 28.8. The molecule has 2 spiro atoms.